The number of rotatable bonds is 5. The van der Waals surface area contributed by atoms with Crippen LogP contribution in [0, 0.1) is 13.8 Å². The first-order valence-corrected chi connectivity index (χ1v) is 6.36. The molecule has 3 N–H and O–H groups in total. The van der Waals surface area contributed by atoms with Crippen LogP contribution in [0.2, 0.25) is 0 Å². The Hall–Kier alpha value is -0.900. The van der Waals surface area contributed by atoms with Gasteiger partial charge in [0, 0.05) is 0 Å². The lowest BCUT2D eigenvalue weighted by atomic mass is 9.91. The highest BCUT2D eigenvalue weighted by Gasteiger charge is 2.24. The summed E-state index contributed by atoms with van der Waals surface area (Å²) in [7, 11) is 0. The van der Waals surface area contributed by atoms with E-state index in [1.807, 2.05) is 26.0 Å². The third-order valence-electron chi connectivity index (χ3n) is 3.61. The van der Waals surface area contributed by atoms with E-state index in [4.69, 9.17) is 0 Å². The van der Waals surface area contributed by atoms with Crippen molar-refractivity contribution in [3.8, 4) is 0 Å². The standard InChI is InChI=1S/C15H24O3/c1-10-5-6-12(11(2)13(10)9-16)7-8-14(17)15(3,4)18/h5-6,14,16-18H,7-9H2,1-4H3. The van der Waals surface area contributed by atoms with Crippen molar-refractivity contribution in [3.05, 3.63) is 34.4 Å². The summed E-state index contributed by atoms with van der Waals surface area (Å²) in [5, 5.41) is 28.8. The molecule has 1 aromatic carbocycles. The van der Waals surface area contributed by atoms with E-state index >= 15 is 0 Å². The fraction of sp³-hybridized carbons (Fsp3) is 0.600. The van der Waals surface area contributed by atoms with Crippen LogP contribution in [0.15, 0.2) is 12.1 Å². The van der Waals surface area contributed by atoms with E-state index in [1.165, 1.54) is 0 Å². The average Bonchev–Trinajstić information content (AvgIpc) is 2.27. The monoisotopic (exact) mass is 252 g/mol. The summed E-state index contributed by atoms with van der Waals surface area (Å²) in [5.41, 5.74) is 3.18. The summed E-state index contributed by atoms with van der Waals surface area (Å²) in [5.74, 6) is 0. The predicted molar refractivity (Wildman–Crippen MR) is 72.5 cm³/mol. The maximum absolute atomic E-state index is 9.82. The molecule has 0 heterocycles. The van der Waals surface area contributed by atoms with E-state index in [2.05, 4.69) is 0 Å². The molecule has 0 aliphatic heterocycles. The molecule has 1 unspecified atom stereocenters. The maximum atomic E-state index is 9.82. The minimum atomic E-state index is -1.07. The van der Waals surface area contributed by atoms with Crippen LogP contribution in [0.25, 0.3) is 0 Å². The van der Waals surface area contributed by atoms with Crippen molar-refractivity contribution < 1.29 is 15.3 Å². The summed E-state index contributed by atoms with van der Waals surface area (Å²) in [4.78, 5) is 0. The lowest BCUT2D eigenvalue weighted by Gasteiger charge is -2.24. The molecule has 0 spiro atoms. The minimum absolute atomic E-state index is 0.0412. The van der Waals surface area contributed by atoms with Crippen LogP contribution in [0.4, 0.5) is 0 Å². The van der Waals surface area contributed by atoms with Crippen LogP contribution in [0.3, 0.4) is 0 Å². The number of hydrogen-bond acceptors (Lipinski definition) is 3. The summed E-state index contributed by atoms with van der Waals surface area (Å²) in [6.45, 7) is 7.23. The zero-order chi connectivity index (χ0) is 13.9. The van der Waals surface area contributed by atoms with Gasteiger partial charge in [-0.25, -0.2) is 0 Å². The van der Waals surface area contributed by atoms with Crippen LogP contribution in [-0.4, -0.2) is 27.0 Å². The Morgan fingerprint density at radius 2 is 1.83 bits per heavy atom. The second-order valence-electron chi connectivity index (χ2n) is 5.51. The third-order valence-corrected chi connectivity index (χ3v) is 3.61. The molecule has 0 aliphatic rings. The molecule has 102 valence electrons. The third kappa shape index (κ3) is 3.55. The van der Waals surface area contributed by atoms with E-state index < -0.39 is 11.7 Å². The zero-order valence-electron chi connectivity index (χ0n) is 11.7. The molecule has 0 radical (unpaired) electrons. The molecule has 18 heavy (non-hydrogen) atoms. The van der Waals surface area contributed by atoms with E-state index in [9.17, 15) is 15.3 Å². The van der Waals surface area contributed by atoms with Crippen molar-refractivity contribution in [3.63, 3.8) is 0 Å². The van der Waals surface area contributed by atoms with E-state index in [0.29, 0.717) is 12.8 Å². The lowest BCUT2D eigenvalue weighted by molar-refractivity contribution is -0.0510. The summed E-state index contributed by atoms with van der Waals surface area (Å²) < 4.78 is 0. The van der Waals surface area contributed by atoms with Crippen molar-refractivity contribution in [2.75, 3.05) is 0 Å². The smallest absolute Gasteiger partial charge is 0.0849 e. The van der Waals surface area contributed by atoms with Crippen molar-refractivity contribution in [1.29, 1.82) is 0 Å². The second kappa shape index (κ2) is 5.83. The van der Waals surface area contributed by atoms with Crippen LogP contribution >= 0.6 is 0 Å². The SMILES string of the molecule is Cc1ccc(CCC(O)C(C)(C)O)c(C)c1CO. The van der Waals surface area contributed by atoms with E-state index in [1.54, 1.807) is 13.8 Å². The Balaban J connectivity index is 2.81. The molecule has 0 saturated heterocycles. The Kier molecular flexibility index (Phi) is 4.91. The Morgan fingerprint density at radius 3 is 2.33 bits per heavy atom. The van der Waals surface area contributed by atoms with Gasteiger partial charge in [0.2, 0.25) is 0 Å². The highest BCUT2D eigenvalue weighted by atomic mass is 16.3. The van der Waals surface area contributed by atoms with Crippen molar-refractivity contribution >= 4 is 0 Å². The van der Waals surface area contributed by atoms with Crippen LogP contribution < -0.4 is 0 Å². The summed E-state index contributed by atoms with van der Waals surface area (Å²) >= 11 is 0. The normalized spacial score (nSPS) is 13.7. The molecular formula is C15H24O3. The molecule has 1 aromatic rings. The van der Waals surface area contributed by atoms with Gasteiger partial charge in [-0.05, 0) is 62.8 Å². The molecule has 0 fully saturated rings. The molecule has 0 aromatic heterocycles. The van der Waals surface area contributed by atoms with Gasteiger partial charge in [-0.3, -0.25) is 0 Å². The highest BCUT2D eigenvalue weighted by Crippen LogP contribution is 2.21. The van der Waals surface area contributed by atoms with Crippen molar-refractivity contribution in [2.24, 2.45) is 0 Å². The minimum Gasteiger partial charge on any atom is -0.392 e. The predicted octanol–water partition coefficient (Wildman–Crippen LogP) is 1.86. The second-order valence-corrected chi connectivity index (χ2v) is 5.51. The van der Waals surface area contributed by atoms with Gasteiger partial charge in [0.1, 0.15) is 0 Å². The first-order chi connectivity index (χ1) is 8.27. The molecular weight excluding hydrogens is 228 g/mol. The first-order valence-electron chi connectivity index (χ1n) is 6.36. The average molecular weight is 252 g/mol. The fourth-order valence-corrected chi connectivity index (χ4v) is 2.10. The van der Waals surface area contributed by atoms with Crippen LogP contribution in [0.5, 0.6) is 0 Å². The number of aliphatic hydroxyl groups is 3. The van der Waals surface area contributed by atoms with Gasteiger partial charge in [-0.2, -0.15) is 0 Å². The first kappa shape index (κ1) is 15.2. The van der Waals surface area contributed by atoms with Gasteiger partial charge in [0.25, 0.3) is 0 Å². The Bertz CT molecular complexity index is 405. The summed E-state index contributed by atoms with van der Waals surface area (Å²) in [6.07, 6.45) is 0.471. The molecule has 3 nitrogen and oxygen atoms in total. The maximum Gasteiger partial charge on any atom is 0.0849 e. The van der Waals surface area contributed by atoms with Gasteiger partial charge < -0.3 is 15.3 Å². The topological polar surface area (TPSA) is 60.7 Å². The highest BCUT2D eigenvalue weighted by molar-refractivity contribution is 5.39. The molecule has 0 bridgehead atoms. The fourth-order valence-electron chi connectivity index (χ4n) is 2.10. The van der Waals surface area contributed by atoms with Crippen LogP contribution in [0.1, 0.15) is 42.5 Å². The van der Waals surface area contributed by atoms with E-state index in [0.717, 1.165) is 22.3 Å². The van der Waals surface area contributed by atoms with Crippen LogP contribution in [-0.2, 0) is 13.0 Å². The van der Waals surface area contributed by atoms with Gasteiger partial charge in [0.05, 0.1) is 18.3 Å². The number of hydrogen-bond donors (Lipinski definition) is 3. The number of aryl methyl sites for hydroxylation is 2. The van der Waals surface area contributed by atoms with Gasteiger partial charge in [-0.15, -0.1) is 0 Å². The Labute approximate surface area is 109 Å². The van der Waals surface area contributed by atoms with Crippen molar-refractivity contribution in [2.45, 2.75) is 58.8 Å². The Morgan fingerprint density at radius 1 is 1.22 bits per heavy atom. The molecule has 1 rings (SSSR count). The molecule has 0 saturated carbocycles. The zero-order valence-corrected chi connectivity index (χ0v) is 11.7. The van der Waals surface area contributed by atoms with Gasteiger partial charge >= 0.3 is 0 Å². The lowest BCUT2D eigenvalue weighted by Crippen LogP contribution is -2.36. The van der Waals surface area contributed by atoms with Gasteiger partial charge in [-0.1, -0.05) is 12.1 Å². The number of aliphatic hydroxyl groups excluding tert-OH is 2. The largest absolute Gasteiger partial charge is 0.392 e. The van der Waals surface area contributed by atoms with E-state index in [-0.39, 0.29) is 6.61 Å². The molecule has 3 heteroatoms. The van der Waals surface area contributed by atoms with Gasteiger partial charge in [0.15, 0.2) is 0 Å². The molecule has 0 amide bonds. The molecule has 1 atom stereocenters. The summed E-state index contributed by atoms with van der Waals surface area (Å²) in [6, 6.07) is 4.02. The number of benzene rings is 1. The quantitative estimate of drug-likeness (QED) is 0.749. The molecule has 0 aliphatic carbocycles. The van der Waals surface area contributed by atoms with Crippen molar-refractivity contribution in [1.82, 2.24) is 0 Å².